The van der Waals surface area contributed by atoms with E-state index in [4.69, 9.17) is 5.73 Å². The Bertz CT molecular complexity index is 947. The largest absolute Gasteiger partial charge is 0.453 e. The molecular formula is C25H39N5O2S. The number of nitrogens with two attached hydrogens (primary N) is 1. The van der Waals surface area contributed by atoms with Crippen LogP contribution in [0.1, 0.15) is 53.9 Å². The monoisotopic (exact) mass is 473 g/mol. The summed E-state index contributed by atoms with van der Waals surface area (Å²) in [6.45, 7) is 11.0. The van der Waals surface area contributed by atoms with Crippen molar-refractivity contribution in [1.29, 1.82) is 0 Å². The van der Waals surface area contributed by atoms with Gasteiger partial charge in [0.25, 0.3) is 0 Å². The van der Waals surface area contributed by atoms with Crippen molar-refractivity contribution >= 4 is 34.8 Å². The highest BCUT2D eigenvalue weighted by atomic mass is 32.2. The van der Waals surface area contributed by atoms with Crippen LogP contribution in [0.3, 0.4) is 0 Å². The molecule has 5 N–H and O–H groups in total. The van der Waals surface area contributed by atoms with E-state index in [0.717, 1.165) is 52.3 Å². The number of carbonyl (C=O) groups is 1. The third-order valence-electron chi connectivity index (χ3n) is 4.35. The number of thioether (sulfide) groups is 1. The van der Waals surface area contributed by atoms with Crippen LogP contribution in [0.2, 0.25) is 0 Å². The number of anilines is 1. The van der Waals surface area contributed by atoms with Gasteiger partial charge in [0.2, 0.25) is 5.95 Å². The zero-order valence-electron chi connectivity index (χ0n) is 20.7. The molecule has 1 heterocycles. The van der Waals surface area contributed by atoms with Crippen molar-refractivity contribution in [1.82, 2.24) is 15.3 Å². The predicted molar refractivity (Wildman–Crippen MR) is 141 cm³/mol. The van der Waals surface area contributed by atoms with Gasteiger partial charge in [-0.2, -0.15) is 0 Å². The first-order valence-electron chi connectivity index (χ1n) is 11.6. The molecule has 2 aromatic rings. The summed E-state index contributed by atoms with van der Waals surface area (Å²) in [5.41, 5.74) is 8.75. The van der Waals surface area contributed by atoms with E-state index in [1.807, 2.05) is 39.0 Å². The van der Waals surface area contributed by atoms with Crippen molar-refractivity contribution in [2.75, 3.05) is 19.0 Å². The molecule has 1 atom stereocenters. The first kappa shape index (κ1) is 28.3. The molecule has 1 unspecified atom stereocenters. The molecule has 1 amide bonds. The van der Waals surface area contributed by atoms with Gasteiger partial charge in [-0.05, 0) is 38.0 Å². The van der Waals surface area contributed by atoms with Crippen LogP contribution in [0.25, 0.3) is 11.0 Å². The third-order valence-corrected chi connectivity index (χ3v) is 5.38. The van der Waals surface area contributed by atoms with Crippen LogP contribution in [0.5, 0.6) is 0 Å². The fraction of sp³-hybridized carbons (Fsp3) is 0.440. The molecule has 1 aromatic heterocycles. The lowest BCUT2D eigenvalue weighted by Gasteiger charge is -2.13. The maximum Gasteiger partial charge on any atom is 0.413 e. The number of nitrogens with zero attached hydrogens (tertiary/aromatic N) is 1. The number of nitrogens with one attached hydrogen (secondary N) is 3. The van der Waals surface area contributed by atoms with Gasteiger partial charge in [-0.15, -0.1) is 0 Å². The van der Waals surface area contributed by atoms with Gasteiger partial charge >= 0.3 is 6.09 Å². The van der Waals surface area contributed by atoms with E-state index in [9.17, 15) is 4.79 Å². The second-order valence-electron chi connectivity index (χ2n) is 7.02. The molecule has 7 nitrogen and oxygen atoms in total. The van der Waals surface area contributed by atoms with Crippen LogP contribution >= 0.6 is 11.8 Å². The lowest BCUT2D eigenvalue weighted by molar-refractivity contribution is 0.186. The Balaban J connectivity index is 0.00000265. The predicted octanol–water partition coefficient (Wildman–Crippen LogP) is 6.33. The number of allylic oxidation sites excluding steroid dienone is 3. The Morgan fingerprint density at radius 3 is 2.70 bits per heavy atom. The van der Waals surface area contributed by atoms with Gasteiger partial charge in [-0.25, -0.2) is 9.78 Å². The summed E-state index contributed by atoms with van der Waals surface area (Å²) >= 11 is 1.68. The summed E-state index contributed by atoms with van der Waals surface area (Å²) in [6, 6.07) is 5.97. The van der Waals surface area contributed by atoms with E-state index in [1.54, 1.807) is 11.8 Å². The van der Waals surface area contributed by atoms with Crippen molar-refractivity contribution in [2.45, 2.75) is 64.8 Å². The number of aromatic amines is 1. The second-order valence-corrected chi connectivity index (χ2v) is 8.16. The van der Waals surface area contributed by atoms with E-state index >= 15 is 0 Å². The number of rotatable bonds is 11. The smallest absolute Gasteiger partial charge is 0.413 e. The molecule has 0 bridgehead atoms. The zero-order valence-corrected chi connectivity index (χ0v) is 21.5. The zero-order chi connectivity index (χ0) is 24.6. The van der Waals surface area contributed by atoms with Crippen molar-refractivity contribution in [3.05, 3.63) is 53.1 Å². The molecule has 0 aliphatic heterocycles. The fourth-order valence-corrected chi connectivity index (χ4v) is 3.81. The summed E-state index contributed by atoms with van der Waals surface area (Å²) in [6.07, 6.45) is 11.1. The number of amides is 1. The quantitative estimate of drug-likeness (QED) is 0.224. The Kier molecular flexibility index (Phi) is 13.7. The molecule has 0 saturated carbocycles. The van der Waals surface area contributed by atoms with Gasteiger partial charge in [-0.1, -0.05) is 70.2 Å². The Morgan fingerprint density at radius 2 is 2.06 bits per heavy atom. The highest BCUT2D eigenvalue weighted by Gasteiger charge is 2.08. The Morgan fingerprint density at radius 1 is 1.30 bits per heavy atom. The number of methoxy groups -OCH3 is 1. The summed E-state index contributed by atoms with van der Waals surface area (Å²) in [5, 5.41) is 5.97. The number of ether oxygens (including phenoxy) is 1. The molecule has 0 radical (unpaired) electrons. The maximum atomic E-state index is 11.4. The normalized spacial score (nSPS) is 12.9. The molecule has 2 rings (SSSR count). The molecule has 1 aromatic carbocycles. The number of unbranched alkanes of at least 4 members (excludes halogenated alkanes) is 1. The number of carbonyl (C=O) groups excluding carboxylic acids is 1. The van der Waals surface area contributed by atoms with E-state index in [0.29, 0.717) is 5.95 Å². The van der Waals surface area contributed by atoms with Gasteiger partial charge in [-0.3, -0.25) is 5.32 Å². The standard InChI is InChI=1S/C23H33N5O2S.C2H6/c1-5-7-11-19(16(3)24)25-14-8-10-17(9-6-2)31-18-12-13-20-21(15-18)27-22(26-20)28-23(29)30-4;1-2/h8-13,15-16,25H,5-7,14,24H2,1-4H3,(H2,26,27,28,29);1-2H3/b10-8-,17-9+,19-11+;. The van der Waals surface area contributed by atoms with E-state index < -0.39 is 6.09 Å². The van der Waals surface area contributed by atoms with Gasteiger partial charge in [0.1, 0.15) is 0 Å². The van der Waals surface area contributed by atoms with Crippen LogP contribution in [-0.4, -0.2) is 35.8 Å². The topological polar surface area (TPSA) is 105 Å². The summed E-state index contributed by atoms with van der Waals surface area (Å²) < 4.78 is 4.60. The lowest BCUT2D eigenvalue weighted by Crippen LogP contribution is -2.28. The van der Waals surface area contributed by atoms with Crippen LogP contribution in [0, 0.1) is 0 Å². The lowest BCUT2D eigenvalue weighted by atomic mass is 10.2. The minimum Gasteiger partial charge on any atom is -0.453 e. The first-order chi connectivity index (χ1) is 16.0. The Hall–Kier alpha value is -2.71. The van der Waals surface area contributed by atoms with E-state index in [1.165, 1.54) is 7.11 Å². The average Bonchev–Trinajstić information content (AvgIpc) is 3.21. The van der Waals surface area contributed by atoms with Crippen LogP contribution in [0.4, 0.5) is 10.7 Å². The van der Waals surface area contributed by atoms with Gasteiger partial charge in [0, 0.05) is 28.1 Å². The molecule has 8 heteroatoms. The van der Waals surface area contributed by atoms with Gasteiger partial charge < -0.3 is 20.8 Å². The minimum absolute atomic E-state index is 0.000301. The van der Waals surface area contributed by atoms with E-state index in [-0.39, 0.29) is 6.04 Å². The molecule has 182 valence electrons. The highest BCUT2D eigenvalue weighted by Crippen LogP contribution is 2.30. The minimum atomic E-state index is -0.558. The summed E-state index contributed by atoms with van der Waals surface area (Å²) in [5.74, 6) is 0.361. The van der Waals surface area contributed by atoms with Crippen molar-refractivity contribution in [3.8, 4) is 0 Å². The van der Waals surface area contributed by atoms with Crippen LogP contribution < -0.4 is 16.4 Å². The molecule has 0 aliphatic rings. The number of aromatic nitrogens is 2. The number of benzene rings is 1. The number of H-pyrrole nitrogens is 1. The van der Waals surface area contributed by atoms with Crippen molar-refractivity contribution in [2.24, 2.45) is 5.73 Å². The first-order valence-corrected chi connectivity index (χ1v) is 12.4. The number of fused-ring (bicyclic) bond motifs is 1. The van der Waals surface area contributed by atoms with Crippen LogP contribution in [0.15, 0.2) is 58.0 Å². The average molecular weight is 474 g/mol. The molecule has 0 aliphatic carbocycles. The molecule has 0 fully saturated rings. The van der Waals surface area contributed by atoms with Crippen LogP contribution in [-0.2, 0) is 4.74 Å². The number of hydrogen-bond donors (Lipinski definition) is 4. The number of hydrogen-bond acceptors (Lipinski definition) is 6. The van der Waals surface area contributed by atoms with E-state index in [2.05, 4.69) is 63.5 Å². The third kappa shape index (κ3) is 10.2. The SMILES string of the molecule is CC.CC/C=C(\C=C/CN/C(=C/CCC)C(C)N)Sc1ccc2nc(NC(=O)OC)[nH]c2c1. The Labute approximate surface area is 202 Å². The molecule has 0 saturated heterocycles. The van der Waals surface area contributed by atoms with Crippen molar-refractivity contribution < 1.29 is 9.53 Å². The fourth-order valence-electron chi connectivity index (χ4n) is 2.81. The van der Waals surface area contributed by atoms with Gasteiger partial charge in [0.05, 0.1) is 18.1 Å². The summed E-state index contributed by atoms with van der Waals surface area (Å²) in [4.78, 5) is 21.1. The number of imidazole rings is 1. The second kappa shape index (κ2) is 16.0. The molecular weight excluding hydrogens is 434 g/mol. The van der Waals surface area contributed by atoms with Gasteiger partial charge in [0.15, 0.2) is 0 Å². The molecule has 0 spiro atoms. The highest BCUT2D eigenvalue weighted by molar-refractivity contribution is 8.03. The molecule has 33 heavy (non-hydrogen) atoms. The summed E-state index contributed by atoms with van der Waals surface area (Å²) in [7, 11) is 1.32. The van der Waals surface area contributed by atoms with Crippen molar-refractivity contribution in [3.63, 3.8) is 0 Å². The maximum absolute atomic E-state index is 11.4.